The maximum atomic E-state index is 12.8. The average molecular weight is 1860 g/mol. The van der Waals surface area contributed by atoms with Gasteiger partial charge in [-0.2, -0.15) is 28.4 Å². The number of aromatic amines is 8. The molecule has 1 unspecified atom stereocenters. The van der Waals surface area contributed by atoms with Crippen LogP contribution < -0.4 is 45.2 Å². The van der Waals surface area contributed by atoms with Gasteiger partial charge in [-0.15, -0.1) is 0 Å². The summed E-state index contributed by atoms with van der Waals surface area (Å²) in [6.07, 6.45) is 11.7. The molecule has 40 nitrogen and oxygen atoms in total. The number of nitrogen functional groups attached to an aromatic ring is 4. The number of carbonyl (C=O) groups is 10. The second kappa shape index (κ2) is 48.7. The molecule has 8 aromatic heterocycles. The lowest BCUT2D eigenvalue weighted by atomic mass is 9.93. The van der Waals surface area contributed by atoms with E-state index in [4.69, 9.17) is 56.6 Å². The van der Waals surface area contributed by atoms with Crippen molar-refractivity contribution in [1.29, 1.82) is 0 Å². The maximum Gasteiger partial charge on any atom is 0.335 e. The fraction of sp³-hybridized carbons (Fsp3) is 0.312. The number of H-pyrrole nitrogens is 8. The molecule has 0 radical (unpaired) electrons. The van der Waals surface area contributed by atoms with E-state index in [1.165, 1.54) is 12.1 Å². The quantitative estimate of drug-likeness (QED) is 0.00737. The average Bonchev–Trinajstić information content (AvgIpc) is 1.67. The number of rotatable bonds is 39. The molecular formula is C93H104N16O24S. The number of aryl methyl sites for hydroxylation is 9. The predicted molar refractivity (Wildman–Crippen MR) is 495 cm³/mol. The number of nitrogens with zero attached hydrogens (tertiary/aromatic N) is 4. The van der Waals surface area contributed by atoms with Crippen molar-refractivity contribution in [2.24, 2.45) is 17.8 Å². The monoisotopic (exact) mass is 1860 g/mol. The van der Waals surface area contributed by atoms with Crippen LogP contribution in [-0.2, 0) is 109 Å². The van der Waals surface area contributed by atoms with Crippen LogP contribution in [0, 0.1) is 24.7 Å². The van der Waals surface area contributed by atoms with Crippen molar-refractivity contribution in [2.75, 3.05) is 49.4 Å². The highest BCUT2D eigenvalue weighted by atomic mass is 32.2. The van der Waals surface area contributed by atoms with Gasteiger partial charge in [0.25, 0.3) is 32.4 Å². The van der Waals surface area contributed by atoms with E-state index in [1.54, 1.807) is 137 Å². The third-order valence-electron chi connectivity index (χ3n) is 21.2. The number of anilines is 4. The number of nitrogens with one attached hydrogen (secondary N) is 8. The van der Waals surface area contributed by atoms with Gasteiger partial charge in [0.15, 0.2) is 17.3 Å². The zero-order chi connectivity index (χ0) is 97.5. The molecule has 0 amide bonds. The number of esters is 4. The molecule has 134 heavy (non-hydrogen) atoms. The van der Waals surface area contributed by atoms with Crippen molar-refractivity contribution in [1.82, 2.24) is 59.8 Å². The Balaban J connectivity index is 0.000000195. The number of hydrogen-bond donors (Lipinski definition) is 16. The number of hydrogen-bond acceptors (Lipinski definition) is 28. The van der Waals surface area contributed by atoms with Crippen LogP contribution in [0.3, 0.4) is 0 Å². The first-order chi connectivity index (χ1) is 63.9. The Kier molecular flexibility index (Phi) is 37.1. The second-order valence-corrected chi connectivity index (χ2v) is 32.2. The highest BCUT2D eigenvalue weighted by molar-refractivity contribution is 7.85. The van der Waals surface area contributed by atoms with E-state index >= 15 is 0 Å². The third-order valence-corrected chi connectivity index (χ3v) is 22.1. The molecule has 8 heterocycles. The Morgan fingerprint density at radius 3 is 0.888 bits per heavy atom. The summed E-state index contributed by atoms with van der Waals surface area (Å²) < 4.78 is 49.5. The minimum atomic E-state index is -4.02. The summed E-state index contributed by atoms with van der Waals surface area (Å²) in [6.45, 7) is 9.56. The van der Waals surface area contributed by atoms with Crippen molar-refractivity contribution in [3.63, 3.8) is 0 Å². The summed E-state index contributed by atoms with van der Waals surface area (Å²) >= 11 is 0. The molecule has 0 aliphatic rings. The van der Waals surface area contributed by atoms with Crippen molar-refractivity contribution < 1.29 is 95.2 Å². The van der Waals surface area contributed by atoms with Gasteiger partial charge < -0.3 is 77.1 Å². The molecule has 0 saturated heterocycles. The summed E-state index contributed by atoms with van der Waals surface area (Å²) in [5.74, 6) is -8.02. The number of Topliss-reactive ketones (excluding diaryl/α,β-unsaturated/α-hetero) is 3. The van der Waals surface area contributed by atoms with Crippen LogP contribution >= 0.6 is 0 Å². The molecule has 3 atom stereocenters. The Morgan fingerprint density at radius 1 is 0.366 bits per heavy atom. The van der Waals surface area contributed by atoms with Gasteiger partial charge in [0.2, 0.25) is 23.8 Å². The number of fused-ring (bicyclic) bond motifs is 4. The number of carbonyl (C=O) groups excluding carboxylic acids is 7. The Hall–Kier alpha value is -15.8. The number of nitrogens with two attached hydrogens (primary N) is 4. The maximum absolute atomic E-state index is 12.8. The summed E-state index contributed by atoms with van der Waals surface area (Å²) in [5.41, 5.74) is 32.6. The SMILES string of the molecule is CCOC(=O)CCC(CC(=O)c1ccc(CCc2c[nH]c3nc(N)[nH]c(=O)c23)cc1)C(=O)OCC.CCOC(=O)CC[C@H](CC(=O)c1ccc(CCc2c[nH]c3nc(N)[nH]c(=O)c23)cc1)C(=O)OCC.Cc1ccc(S(=O)(=O)O)cc1.Nc1nc2[nH]cc(CCc3ccc(C(=O)C[C@@H](CCC(=O)O)C(=O)O)cc3)c2c(=O)[nH]1.Nc1nc2[nH]cc(CCc3ccc(C(=O)O)cc3)c2c(=O)[nH]1. The summed E-state index contributed by atoms with van der Waals surface area (Å²) in [5, 5.41) is 28.7. The van der Waals surface area contributed by atoms with Crippen molar-refractivity contribution in [3.8, 4) is 0 Å². The van der Waals surface area contributed by atoms with Gasteiger partial charge in [0, 0.05) is 80.0 Å². The summed E-state index contributed by atoms with van der Waals surface area (Å²) in [6, 6.07) is 33.7. The first kappa shape index (κ1) is 102. The van der Waals surface area contributed by atoms with Crippen LogP contribution in [0.4, 0.5) is 23.8 Å². The zero-order valence-electron chi connectivity index (χ0n) is 73.9. The van der Waals surface area contributed by atoms with E-state index in [2.05, 4.69) is 59.8 Å². The molecular weight excluding hydrogens is 1760 g/mol. The van der Waals surface area contributed by atoms with Crippen LogP contribution in [0.2, 0.25) is 0 Å². The number of carboxylic acid groups (broad SMARTS) is 3. The van der Waals surface area contributed by atoms with Gasteiger partial charge in [-0.1, -0.05) is 103 Å². The number of ketones is 3. The minimum Gasteiger partial charge on any atom is -0.481 e. The zero-order valence-corrected chi connectivity index (χ0v) is 74.7. The molecule has 706 valence electrons. The first-order valence-electron chi connectivity index (χ1n) is 42.7. The number of aliphatic carboxylic acids is 2. The van der Waals surface area contributed by atoms with Gasteiger partial charge in [-0.3, -0.25) is 86.8 Å². The number of aromatic carboxylic acids is 1. The van der Waals surface area contributed by atoms with Gasteiger partial charge in [0.05, 0.1) is 76.2 Å². The Bertz CT molecular complexity index is 6520. The standard InChI is InChI=1S/2C25H30N4O6.C21H22N4O6.C15H14N4O3.C7H8O3S/c2*1-3-34-20(31)12-11-17(24(33)35-4-2)13-19(30)16-8-5-15(6-9-16)7-10-18-14-27-22-21(18)23(32)29-25(26)28-22;22-21-24-18-17(19(29)25-21)14(10-23-18)6-3-11-1-4-12(5-2-11)15(26)9-13(20(30)31)7-8-16(27)28;16-15-18-12-11(13(20)19-15)10(7-17-12)6-3-8-1-4-9(5-2-8)14(21)22;1-6-2-4-7(5-3-6)11(8,9)10/h2*5-6,8-9,14,17H,3-4,7,10-13H2,1-2H3,(H4,26,27,28,29,32);1-2,4-5,10,13H,3,6-9H2,(H,27,28)(H,30,31)(H4,22,23,24,25,29);1-2,4-5,7H,3,6H2,(H,21,22)(H4,16,17,18,19,20);2-5H,1H3,(H,8,9,10)/t17-;;13-;;/m1.1../s1. The number of benzene rings is 5. The smallest absolute Gasteiger partial charge is 0.335 e. The fourth-order valence-electron chi connectivity index (χ4n) is 14.3. The summed E-state index contributed by atoms with van der Waals surface area (Å²) in [4.78, 5) is 205. The normalized spacial score (nSPS) is 11.7. The molecule has 13 aromatic rings. The van der Waals surface area contributed by atoms with E-state index in [0.717, 1.165) is 50.1 Å². The molecule has 0 fully saturated rings. The van der Waals surface area contributed by atoms with Crippen LogP contribution in [0.25, 0.3) is 44.1 Å². The van der Waals surface area contributed by atoms with Gasteiger partial charge in [-0.05, 0) is 174 Å². The van der Waals surface area contributed by atoms with Gasteiger partial charge in [0.1, 0.15) is 22.6 Å². The van der Waals surface area contributed by atoms with Crippen LogP contribution in [0.5, 0.6) is 0 Å². The Morgan fingerprint density at radius 2 is 0.634 bits per heavy atom. The van der Waals surface area contributed by atoms with Crippen molar-refractivity contribution in [3.05, 3.63) is 260 Å². The highest BCUT2D eigenvalue weighted by Gasteiger charge is 2.29. The van der Waals surface area contributed by atoms with E-state index < -0.39 is 69.7 Å². The van der Waals surface area contributed by atoms with Crippen molar-refractivity contribution in [2.45, 2.75) is 149 Å². The lowest BCUT2D eigenvalue weighted by Gasteiger charge is -2.14. The molecule has 0 aliphatic carbocycles. The lowest BCUT2D eigenvalue weighted by Crippen LogP contribution is -2.22. The Labute approximate surface area is 764 Å². The predicted octanol–water partition coefficient (Wildman–Crippen LogP) is 9.74. The molecule has 13 rings (SSSR count). The van der Waals surface area contributed by atoms with Crippen LogP contribution in [0.1, 0.15) is 177 Å². The van der Waals surface area contributed by atoms with Crippen molar-refractivity contribution >= 4 is 137 Å². The third kappa shape index (κ3) is 29.9. The number of ether oxygens (including phenoxy) is 4. The van der Waals surface area contributed by atoms with E-state index in [0.29, 0.717) is 112 Å². The van der Waals surface area contributed by atoms with E-state index in [1.807, 2.05) is 31.2 Å². The second-order valence-electron chi connectivity index (χ2n) is 30.8. The molecule has 20 N–H and O–H groups in total. The fourth-order valence-corrected chi connectivity index (χ4v) is 14.8. The molecule has 41 heteroatoms. The van der Waals surface area contributed by atoms with Gasteiger partial charge >= 0.3 is 41.8 Å². The van der Waals surface area contributed by atoms with Crippen LogP contribution in [0.15, 0.2) is 170 Å². The highest BCUT2D eigenvalue weighted by Crippen LogP contribution is 2.26. The van der Waals surface area contributed by atoms with Gasteiger partial charge in [-0.25, -0.2) is 4.79 Å². The molecule has 0 bridgehead atoms. The van der Waals surface area contributed by atoms with E-state index in [9.17, 15) is 80.6 Å². The topological polar surface area (TPSA) is 673 Å². The van der Waals surface area contributed by atoms with Crippen LogP contribution in [-0.4, -0.2) is 174 Å². The molecule has 0 saturated carbocycles. The minimum absolute atomic E-state index is 0.0410. The molecule has 5 aromatic carbocycles. The summed E-state index contributed by atoms with van der Waals surface area (Å²) in [7, 11) is -4.02. The molecule has 0 spiro atoms. The van der Waals surface area contributed by atoms with E-state index in [-0.39, 0.29) is 158 Å². The number of aromatic nitrogens is 12. The largest absolute Gasteiger partial charge is 0.481 e. The first-order valence-corrected chi connectivity index (χ1v) is 44.1. The molecule has 0 aliphatic heterocycles. The lowest BCUT2D eigenvalue weighted by molar-refractivity contribution is -0.150. The number of carboxylic acids is 3.